The summed E-state index contributed by atoms with van der Waals surface area (Å²) in [7, 11) is 0. The number of aromatic nitrogens is 3. The van der Waals surface area contributed by atoms with Crippen LogP contribution in [0.3, 0.4) is 0 Å². The van der Waals surface area contributed by atoms with Crippen molar-refractivity contribution in [3.8, 4) is 0 Å². The maximum Gasteiger partial charge on any atom is 0.0962 e. The minimum atomic E-state index is 0.782. The molecule has 5 heteroatoms. The number of nitrogens with zero attached hydrogens (tertiary/aromatic N) is 2. The van der Waals surface area contributed by atoms with Gasteiger partial charge in [0.15, 0.2) is 0 Å². The van der Waals surface area contributed by atoms with Crippen LogP contribution in [0, 0.1) is 0 Å². The minimum absolute atomic E-state index is 0.782. The second-order valence-corrected chi connectivity index (χ2v) is 2.89. The highest BCUT2D eigenvalue weighted by Gasteiger charge is 1.93. The van der Waals surface area contributed by atoms with Gasteiger partial charge in [0.2, 0.25) is 0 Å². The van der Waals surface area contributed by atoms with E-state index in [1.165, 1.54) is 6.42 Å². The minimum Gasteiger partial charge on any atom is -0.315 e. The molecule has 74 valence electrons. The van der Waals surface area contributed by atoms with Crippen molar-refractivity contribution in [2.45, 2.75) is 19.9 Å². The van der Waals surface area contributed by atoms with Gasteiger partial charge in [-0.25, -0.2) is 0 Å². The first-order valence-corrected chi connectivity index (χ1v) is 4.69. The summed E-state index contributed by atoms with van der Waals surface area (Å²) < 4.78 is 0. The van der Waals surface area contributed by atoms with Crippen LogP contribution >= 0.6 is 0 Å². The molecule has 0 aromatic carbocycles. The molecule has 0 radical (unpaired) electrons. The van der Waals surface area contributed by atoms with Crippen molar-refractivity contribution < 1.29 is 0 Å². The molecule has 0 fully saturated rings. The molecule has 0 amide bonds. The van der Waals surface area contributed by atoms with E-state index >= 15 is 0 Å². The Labute approximate surface area is 78.3 Å². The lowest BCUT2D eigenvalue weighted by Gasteiger charge is -2.03. The quantitative estimate of drug-likeness (QED) is 0.516. The summed E-state index contributed by atoms with van der Waals surface area (Å²) in [5.74, 6) is 0. The van der Waals surface area contributed by atoms with Gasteiger partial charge in [-0.3, -0.25) is 0 Å². The molecule has 0 unspecified atom stereocenters. The second kappa shape index (κ2) is 6.56. The standard InChI is InChI=1S/C8H17N5/c1-2-3-9-4-5-10-6-8-7-11-13-12-8/h7,9-10H,2-6H2,1H3,(H,11,12,13). The molecule has 1 heterocycles. The Morgan fingerprint density at radius 2 is 2.15 bits per heavy atom. The second-order valence-electron chi connectivity index (χ2n) is 2.89. The number of nitrogens with one attached hydrogen (secondary N) is 3. The molecule has 13 heavy (non-hydrogen) atoms. The molecule has 5 nitrogen and oxygen atoms in total. The summed E-state index contributed by atoms with van der Waals surface area (Å²) >= 11 is 0. The van der Waals surface area contributed by atoms with Gasteiger partial charge in [0.1, 0.15) is 0 Å². The highest BCUT2D eigenvalue weighted by atomic mass is 15.3. The molecule has 0 saturated heterocycles. The van der Waals surface area contributed by atoms with Gasteiger partial charge < -0.3 is 10.6 Å². The van der Waals surface area contributed by atoms with E-state index < -0.39 is 0 Å². The molecule has 3 N–H and O–H groups in total. The lowest BCUT2D eigenvalue weighted by molar-refractivity contribution is 0.601. The van der Waals surface area contributed by atoms with E-state index in [1.54, 1.807) is 6.20 Å². The molecule has 0 spiro atoms. The molecule has 0 saturated carbocycles. The number of aromatic amines is 1. The molecule has 1 rings (SSSR count). The zero-order valence-corrected chi connectivity index (χ0v) is 8.01. The molecule has 0 aliphatic heterocycles. The van der Waals surface area contributed by atoms with Crippen LogP contribution in [0.25, 0.3) is 0 Å². The van der Waals surface area contributed by atoms with Gasteiger partial charge in [0.05, 0.1) is 11.9 Å². The third-order valence-electron chi connectivity index (χ3n) is 1.68. The molecule has 0 aliphatic rings. The maximum absolute atomic E-state index is 3.93. The van der Waals surface area contributed by atoms with Crippen LogP contribution < -0.4 is 10.6 Å². The Morgan fingerprint density at radius 3 is 2.85 bits per heavy atom. The molecular formula is C8H17N5. The van der Waals surface area contributed by atoms with E-state index in [-0.39, 0.29) is 0 Å². The van der Waals surface area contributed by atoms with Gasteiger partial charge in [-0.1, -0.05) is 6.92 Å². The largest absolute Gasteiger partial charge is 0.315 e. The van der Waals surface area contributed by atoms with Gasteiger partial charge in [-0.15, -0.1) is 0 Å². The third kappa shape index (κ3) is 4.59. The van der Waals surface area contributed by atoms with Crippen molar-refractivity contribution in [2.24, 2.45) is 0 Å². The van der Waals surface area contributed by atoms with Gasteiger partial charge in [0, 0.05) is 19.6 Å². The van der Waals surface area contributed by atoms with Crippen LogP contribution in [0.15, 0.2) is 6.20 Å². The Bertz CT molecular complexity index is 196. The van der Waals surface area contributed by atoms with Crippen molar-refractivity contribution >= 4 is 0 Å². The lowest BCUT2D eigenvalue weighted by atomic mass is 10.4. The normalized spacial score (nSPS) is 10.5. The first-order chi connectivity index (χ1) is 6.43. The Balaban J connectivity index is 1.90. The maximum atomic E-state index is 3.93. The average Bonchev–Trinajstić information content (AvgIpc) is 2.63. The summed E-state index contributed by atoms with van der Waals surface area (Å²) in [5, 5.41) is 16.8. The fraction of sp³-hybridized carbons (Fsp3) is 0.750. The van der Waals surface area contributed by atoms with Crippen LogP contribution in [0.4, 0.5) is 0 Å². The summed E-state index contributed by atoms with van der Waals surface area (Å²) in [6, 6.07) is 0. The van der Waals surface area contributed by atoms with Crippen molar-refractivity contribution in [1.29, 1.82) is 0 Å². The molecule has 1 aromatic heterocycles. The predicted molar refractivity (Wildman–Crippen MR) is 51.3 cm³/mol. The Kier molecular flexibility index (Phi) is 5.12. The summed E-state index contributed by atoms with van der Waals surface area (Å²) in [6.45, 7) is 6.00. The predicted octanol–water partition coefficient (Wildman–Crippen LogP) is -0.106. The van der Waals surface area contributed by atoms with Crippen molar-refractivity contribution in [2.75, 3.05) is 19.6 Å². The lowest BCUT2D eigenvalue weighted by Crippen LogP contribution is -2.27. The van der Waals surface area contributed by atoms with Crippen molar-refractivity contribution in [1.82, 2.24) is 26.0 Å². The van der Waals surface area contributed by atoms with E-state index in [0.29, 0.717) is 0 Å². The van der Waals surface area contributed by atoms with Crippen LogP contribution in [0.1, 0.15) is 19.0 Å². The Morgan fingerprint density at radius 1 is 1.31 bits per heavy atom. The number of hydrogen-bond donors (Lipinski definition) is 3. The zero-order valence-electron chi connectivity index (χ0n) is 8.01. The molecule has 1 aromatic rings. The molecule has 0 atom stereocenters. The topological polar surface area (TPSA) is 65.6 Å². The van der Waals surface area contributed by atoms with Gasteiger partial charge in [-0.05, 0) is 13.0 Å². The SMILES string of the molecule is CCCNCCNCc1cn[nH]n1. The van der Waals surface area contributed by atoms with Crippen LogP contribution in [0.5, 0.6) is 0 Å². The van der Waals surface area contributed by atoms with Crippen LogP contribution in [0.2, 0.25) is 0 Å². The fourth-order valence-electron chi connectivity index (χ4n) is 1.01. The zero-order chi connectivity index (χ0) is 9.36. The van der Waals surface area contributed by atoms with Gasteiger partial charge in [-0.2, -0.15) is 15.4 Å². The Hall–Kier alpha value is -0.940. The summed E-state index contributed by atoms with van der Waals surface area (Å²) in [4.78, 5) is 0. The molecule has 0 aliphatic carbocycles. The number of rotatable bonds is 7. The van der Waals surface area contributed by atoms with Crippen LogP contribution in [-0.4, -0.2) is 35.0 Å². The van der Waals surface area contributed by atoms with Gasteiger partial charge >= 0.3 is 0 Å². The fourth-order valence-corrected chi connectivity index (χ4v) is 1.01. The smallest absolute Gasteiger partial charge is 0.0962 e. The summed E-state index contributed by atoms with van der Waals surface area (Å²) in [6.07, 6.45) is 2.91. The van der Waals surface area contributed by atoms with E-state index in [9.17, 15) is 0 Å². The molecule has 0 bridgehead atoms. The molecular weight excluding hydrogens is 166 g/mol. The van der Waals surface area contributed by atoms with Gasteiger partial charge in [0.25, 0.3) is 0 Å². The number of H-pyrrole nitrogens is 1. The van der Waals surface area contributed by atoms with Crippen molar-refractivity contribution in [3.05, 3.63) is 11.9 Å². The van der Waals surface area contributed by atoms with E-state index in [4.69, 9.17) is 0 Å². The average molecular weight is 183 g/mol. The first kappa shape index (κ1) is 10.1. The monoisotopic (exact) mass is 183 g/mol. The summed E-state index contributed by atoms with van der Waals surface area (Å²) in [5.41, 5.74) is 0.954. The number of hydrogen-bond acceptors (Lipinski definition) is 4. The third-order valence-corrected chi connectivity index (χ3v) is 1.68. The highest BCUT2D eigenvalue weighted by molar-refractivity contribution is 4.88. The van der Waals surface area contributed by atoms with Crippen LogP contribution in [-0.2, 0) is 6.54 Å². The van der Waals surface area contributed by atoms with E-state index in [2.05, 4.69) is 33.0 Å². The van der Waals surface area contributed by atoms with Crippen molar-refractivity contribution in [3.63, 3.8) is 0 Å². The van der Waals surface area contributed by atoms with E-state index in [1.807, 2.05) is 0 Å². The first-order valence-electron chi connectivity index (χ1n) is 4.69. The van der Waals surface area contributed by atoms with E-state index in [0.717, 1.165) is 31.9 Å². The highest BCUT2D eigenvalue weighted by Crippen LogP contribution is 1.85.